The first-order chi connectivity index (χ1) is 33.4. The molecule has 0 aliphatic heterocycles. The van der Waals surface area contributed by atoms with Crippen molar-refractivity contribution in [2.45, 2.75) is 33.6 Å². The minimum atomic E-state index is -2.55. The molecule has 6 aromatic carbocycles. The van der Waals surface area contributed by atoms with Gasteiger partial charge in [0, 0.05) is 12.8 Å². The Morgan fingerprint density at radius 3 is 0.873 bits per heavy atom. The number of esters is 3. The van der Waals surface area contributed by atoms with E-state index in [9.17, 15) is 80.2 Å². The zero-order valence-corrected chi connectivity index (χ0v) is 36.0. The average molecular weight is 1020 g/mol. The van der Waals surface area contributed by atoms with Crippen LogP contribution in [-0.4, -0.2) is 37.7 Å². The highest BCUT2D eigenvalue weighted by atomic mass is 19.2. The summed E-state index contributed by atoms with van der Waals surface area (Å²) in [6.07, 6.45) is -0.637. The summed E-state index contributed by atoms with van der Waals surface area (Å²) in [5.74, 6) is -48.3. The zero-order chi connectivity index (χ0) is 52.3. The Morgan fingerprint density at radius 1 is 0.324 bits per heavy atom. The van der Waals surface area contributed by atoms with Gasteiger partial charge in [0.15, 0.2) is 19.8 Å². The van der Waals surface area contributed by atoms with Gasteiger partial charge >= 0.3 is 17.9 Å². The molecule has 0 aliphatic rings. The van der Waals surface area contributed by atoms with Gasteiger partial charge in [0.05, 0.1) is 0 Å². The lowest BCUT2D eigenvalue weighted by atomic mass is 9.93. The lowest BCUT2D eigenvalue weighted by molar-refractivity contribution is -0.138. The first-order valence-corrected chi connectivity index (χ1v) is 19.8. The Balaban J connectivity index is 1.33. The number of carbonyl (C=O) groups excluding carboxylic acids is 3. The van der Waals surface area contributed by atoms with Crippen molar-refractivity contribution in [1.82, 2.24) is 0 Å². The molecule has 0 unspecified atom stereocenters. The number of ether oxygens (including phenoxy) is 6. The maximum absolute atomic E-state index is 14.5. The van der Waals surface area contributed by atoms with Crippen molar-refractivity contribution in [3.8, 4) is 34.5 Å². The fraction of sp³-hybridized carbons (Fsp3) is 0.170. The highest BCUT2D eigenvalue weighted by Gasteiger charge is 2.32. The maximum atomic E-state index is 14.5. The molecule has 0 spiro atoms. The SMILES string of the molecule is Cc1ccc(OCC(=O)Oc2c(F)c(F)c(F)c(F)c2F)c(Cc2cc(C)cc(Cc3cc(C)ccc3OCC(=O)Oc3c(F)c(F)c(F)c(F)c3F)c2OCC(=O)Oc2c(F)c(F)c(F)c(F)c2F)c1. The lowest BCUT2D eigenvalue weighted by Gasteiger charge is -2.20. The second-order valence-electron chi connectivity index (χ2n) is 15.0. The van der Waals surface area contributed by atoms with E-state index in [-0.39, 0.29) is 52.3 Å². The van der Waals surface area contributed by atoms with E-state index in [0.717, 1.165) is 0 Å². The predicted molar refractivity (Wildman–Crippen MR) is 211 cm³/mol. The van der Waals surface area contributed by atoms with Crippen LogP contribution in [0.2, 0.25) is 0 Å². The highest BCUT2D eigenvalue weighted by molar-refractivity contribution is 5.75. The number of aryl methyl sites for hydroxylation is 3. The van der Waals surface area contributed by atoms with Crippen LogP contribution in [0.15, 0.2) is 48.5 Å². The van der Waals surface area contributed by atoms with Crippen molar-refractivity contribution < 1.29 is 109 Å². The van der Waals surface area contributed by atoms with Crippen molar-refractivity contribution in [2.24, 2.45) is 0 Å². The van der Waals surface area contributed by atoms with E-state index in [1.54, 1.807) is 20.8 Å². The number of rotatable bonds is 16. The van der Waals surface area contributed by atoms with Gasteiger partial charge < -0.3 is 28.4 Å². The second-order valence-corrected chi connectivity index (χ2v) is 15.0. The van der Waals surface area contributed by atoms with Crippen LogP contribution in [0.25, 0.3) is 0 Å². The van der Waals surface area contributed by atoms with Crippen LogP contribution in [-0.2, 0) is 27.2 Å². The molecule has 6 aromatic rings. The molecule has 374 valence electrons. The van der Waals surface area contributed by atoms with Crippen molar-refractivity contribution in [3.05, 3.63) is 175 Å². The number of halogens is 15. The number of hydrogen-bond acceptors (Lipinski definition) is 9. The Bertz CT molecular complexity index is 2900. The minimum Gasteiger partial charge on any atom is -0.482 e. The molecular weight excluding hydrogens is 993 g/mol. The van der Waals surface area contributed by atoms with Crippen LogP contribution in [0.3, 0.4) is 0 Å². The quantitative estimate of drug-likeness (QED) is 0.0308. The normalized spacial score (nSPS) is 11.1. The first kappa shape index (κ1) is 52.5. The average Bonchev–Trinajstić information content (AvgIpc) is 3.33. The molecule has 0 amide bonds. The van der Waals surface area contributed by atoms with Crippen molar-refractivity contribution >= 4 is 17.9 Å². The summed E-state index contributed by atoms with van der Waals surface area (Å²) in [6.45, 7) is 1.03. The summed E-state index contributed by atoms with van der Waals surface area (Å²) in [4.78, 5) is 38.2. The topological polar surface area (TPSA) is 107 Å². The second kappa shape index (κ2) is 21.4. The maximum Gasteiger partial charge on any atom is 0.349 e. The van der Waals surface area contributed by atoms with Crippen LogP contribution in [0, 0.1) is 108 Å². The molecule has 0 bridgehead atoms. The summed E-state index contributed by atoms with van der Waals surface area (Å²) in [5.41, 5.74) is 2.00. The Morgan fingerprint density at radius 2 is 0.577 bits per heavy atom. The lowest BCUT2D eigenvalue weighted by Crippen LogP contribution is -2.21. The van der Waals surface area contributed by atoms with Gasteiger partial charge in [-0.3, -0.25) is 0 Å². The molecule has 0 radical (unpaired) electrons. The van der Waals surface area contributed by atoms with Crippen molar-refractivity contribution in [2.75, 3.05) is 19.8 Å². The van der Waals surface area contributed by atoms with Crippen LogP contribution in [0.4, 0.5) is 65.9 Å². The van der Waals surface area contributed by atoms with Gasteiger partial charge in [0.2, 0.25) is 105 Å². The van der Waals surface area contributed by atoms with Gasteiger partial charge in [-0.05, 0) is 55.2 Å². The van der Waals surface area contributed by atoms with Crippen molar-refractivity contribution in [1.29, 1.82) is 0 Å². The van der Waals surface area contributed by atoms with E-state index in [4.69, 9.17) is 14.2 Å². The molecule has 0 heterocycles. The summed E-state index contributed by atoms with van der Waals surface area (Å²) in [5, 5.41) is 0. The third-order valence-electron chi connectivity index (χ3n) is 9.76. The van der Waals surface area contributed by atoms with E-state index in [0.29, 0.717) is 16.7 Å². The number of benzene rings is 6. The largest absolute Gasteiger partial charge is 0.482 e. The monoisotopic (exact) mass is 1020 g/mol. The van der Waals surface area contributed by atoms with Gasteiger partial charge in [0.25, 0.3) is 0 Å². The Labute approximate surface area is 388 Å². The fourth-order valence-corrected chi connectivity index (χ4v) is 6.62. The van der Waals surface area contributed by atoms with Crippen LogP contribution in [0.1, 0.15) is 38.9 Å². The van der Waals surface area contributed by atoms with Gasteiger partial charge in [-0.1, -0.05) is 53.1 Å². The summed E-state index contributed by atoms with van der Waals surface area (Å²) in [6, 6.07) is 11.4. The third kappa shape index (κ3) is 11.3. The highest BCUT2D eigenvalue weighted by Crippen LogP contribution is 2.37. The van der Waals surface area contributed by atoms with E-state index >= 15 is 0 Å². The summed E-state index contributed by atoms with van der Waals surface area (Å²) in [7, 11) is 0. The summed E-state index contributed by atoms with van der Waals surface area (Å²) < 4.78 is 240. The fourth-order valence-electron chi connectivity index (χ4n) is 6.62. The molecular formula is C47H27F15O9. The van der Waals surface area contributed by atoms with Gasteiger partial charge in [-0.15, -0.1) is 0 Å². The number of carbonyl (C=O) groups is 3. The van der Waals surface area contributed by atoms with E-state index in [1.807, 2.05) is 0 Å². The third-order valence-corrected chi connectivity index (χ3v) is 9.76. The molecule has 6 rings (SSSR count). The molecule has 0 saturated carbocycles. The Kier molecular flexibility index (Phi) is 15.8. The predicted octanol–water partition coefficient (Wildman–Crippen LogP) is 10.8. The smallest absolute Gasteiger partial charge is 0.349 e. The minimum absolute atomic E-state index is 0.102. The molecule has 0 fully saturated rings. The zero-order valence-electron chi connectivity index (χ0n) is 36.0. The molecule has 0 N–H and O–H groups in total. The van der Waals surface area contributed by atoms with Crippen LogP contribution < -0.4 is 28.4 Å². The molecule has 9 nitrogen and oxygen atoms in total. The van der Waals surface area contributed by atoms with Crippen LogP contribution >= 0.6 is 0 Å². The molecule has 0 atom stereocenters. The molecule has 24 heteroatoms. The van der Waals surface area contributed by atoms with Gasteiger partial charge in [-0.25, -0.2) is 53.9 Å². The Hall–Kier alpha value is -7.92. The first-order valence-electron chi connectivity index (χ1n) is 19.8. The molecule has 0 aromatic heterocycles. The molecule has 71 heavy (non-hydrogen) atoms. The van der Waals surface area contributed by atoms with E-state index in [2.05, 4.69) is 14.2 Å². The summed E-state index contributed by atoms with van der Waals surface area (Å²) >= 11 is 0. The molecule has 0 aliphatic carbocycles. The number of hydrogen-bond donors (Lipinski definition) is 0. The van der Waals surface area contributed by atoms with E-state index in [1.165, 1.54) is 48.5 Å². The van der Waals surface area contributed by atoms with Crippen LogP contribution in [0.5, 0.6) is 34.5 Å². The molecule has 0 saturated heterocycles. The van der Waals surface area contributed by atoms with Gasteiger partial charge in [0.1, 0.15) is 17.2 Å². The van der Waals surface area contributed by atoms with Gasteiger partial charge in [-0.2, -0.15) is 26.3 Å². The van der Waals surface area contributed by atoms with E-state index < -0.39 is 142 Å². The van der Waals surface area contributed by atoms with Crippen molar-refractivity contribution in [3.63, 3.8) is 0 Å². The standard InChI is InChI=1S/C47H27F15O9/c1-17-4-6-24(66-14-26(63)69-45-38(57)32(51)29(48)33(52)39(45)58)20(8-17)12-22-10-19(3)11-23(44(22)68-16-28(65)71-47-42(61)36(55)31(50)37(56)43(47)62)13-21-9-18(2)5-7-25(21)67-15-27(64)70-46-40(59)34(53)30(49)35(54)41(46)60/h4-11H,12-16H2,1-3H3.